The fourth-order valence-corrected chi connectivity index (χ4v) is 2.74. The van der Waals surface area contributed by atoms with Crippen LogP contribution in [0.1, 0.15) is 38.3 Å². The normalized spacial score (nSPS) is 31.6. The van der Waals surface area contributed by atoms with E-state index in [4.69, 9.17) is 14.6 Å². The van der Waals surface area contributed by atoms with Crippen molar-refractivity contribution in [1.29, 1.82) is 0 Å². The molecule has 0 aromatic carbocycles. The molecule has 3 atom stereocenters. The predicted octanol–water partition coefficient (Wildman–Crippen LogP) is 2.07. The van der Waals surface area contributed by atoms with Crippen molar-refractivity contribution in [3.8, 4) is 0 Å². The van der Waals surface area contributed by atoms with Gasteiger partial charge in [0.1, 0.15) is 0 Å². The number of ether oxygens (including phenoxy) is 2. The van der Waals surface area contributed by atoms with Crippen molar-refractivity contribution in [2.45, 2.75) is 44.6 Å². The molecule has 0 aliphatic carbocycles. The quantitative estimate of drug-likeness (QED) is 0.902. The van der Waals surface area contributed by atoms with Crippen molar-refractivity contribution < 1.29 is 19.4 Å². The monoisotopic (exact) mass is 308 g/mol. The minimum absolute atomic E-state index is 0.124. The zero-order chi connectivity index (χ0) is 16.2. The smallest absolute Gasteiger partial charge is 0.364 e. The van der Waals surface area contributed by atoms with Crippen LogP contribution in [0, 0.1) is 0 Å². The fourth-order valence-electron chi connectivity index (χ4n) is 2.74. The molecule has 22 heavy (non-hydrogen) atoms. The number of aromatic nitrogens is 1. The molecule has 2 aliphatic rings. The van der Waals surface area contributed by atoms with Crippen molar-refractivity contribution in [1.82, 2.24) is 9.88 Å². The van der Waals surface area contributed by atoms with E-state index in [0.29, 0.717) is 12.6 Å². The van der Waals surface area contributed by atoms with Gasteiger partial charge in [-0.2, -0.15) is 0 Å². The van der Waals surface area contributed by atoms with E-state index in [2.05, 4.69) is 23.0 Å². The number of aliphatic carboxylic acids is 1. The standard InChI is InChI=1S/C10H14N2.C6H10O4/c1-12-7-3-5-10(12)9-4-2-6-11-8-9;1-4-3-9-6(2,10-4)5(7)8/h2,4,6,8,10H,3,5,7H2,1H3;4H,3H2,1-2H3,(H,7,8)/t10-;/m0./s1. The number of carboxylic acid groups (broad SMARTS) is 1. The van der Waals surface area contributed by atoms with Crippen LogP contribution >= 0.6 is 0 Å². The van der Waals surface area contributed by atoms with Crippen molar-refractivity contribution in [2.75, 3.05) is 20.2 Å². The highest BCUT2D eigenvalue weighted by atomic mass is 16.8. The van der Waals surface area contributed by atoms with Crippen LogP contribution in [0.15, 0.2) is 24.5 Å². The predicted molar refractivity (Wildman–Crippen MR) is 81.4 cm³/mol. The second kappa shape index (κ2) is 7.17. The second-order valence-corrected chi connectivity index (χ2v) is 5.92. The maximum Gasteiger partial charge on any atom is 0.364 e. The Bertz CT molecular complexity index is 496. The van der Waals surface area contributed by atoms with Crippen LogP contribution in [0.4, 0.5) is 0 Å². The summed E-state index contributed by atoms with van der Waals surface area (Å²) in [6, 6.07) is 4.79. The van der Waals surface area contributed by atoms with Crippen molar-refractivity contribution in [2.24, 2.45) is 0 Å². The average molecular weight is 308 g/mol. The molecule has 2 fully saturated rings. The van der Waals surface area contributed by atoms with Gasteiger partial charge in [-0.15, -0.1) is 0 Å². The number of likely N-dealkylation sites (tertiary alicyclic amines) is 1. The highest BCUT2D eigenvalue weighted by molar-refractivity contribution is 5.75. The van der Waals surface area contributed by atoms with E-state index in [1.165, 1.54) is 31.9 Å². The number of carboxylic acids is 1. The number of carbonyl (C=O) groups is 1. The first-order chi connectivity index (χ1) is 10.4. The third-order valence-electron chi connectivity index (χ3n) is 4.00. The largest absolute Gasteiger partial charge is 0.477 e. The topological polar surface area (TPSA) is 71.9 Å². The molecule has 2 unspecified atom stereocenters. The lowest BCUT2D eigenvalue weighted by Gasteiger charge is -2.18. The van der Waals surface area contributed by atoms with Crippen LogP contribution in [0.2, 0.25) is 0 Å². The van der Waals surface area contributed by atoms with Gasteiger partial charge < -0.3 is 14.6 Å². The first-order valence-corrected chi connectivity index (χ1v) is 7.57. The average Bonchev–Trinajstić information content (AvgIpc) is 3.07. The van der Waals surface area contributed by atoms with Gasteiger partial charge in [-0.25, -0.2) is 4.79 Å². The van der Waals surface area contributed by atoms with Crippen LogP contribution in [0.3, 0.4) is 0 Å². The lowest BCUT2D eigenvalue weighted by atomic mass is 10.1. The lowest BCUT2D eigenvalue weighted by molar-refractivity contribution is -0.198. The number of nitrogens with zero attached hydrogens (tertiary/aromatic N) is 2. The highest BCUT2D eigenvalue weighted by Crippen LogP contribution is 2.29. The Kier molecular flexibility index (Phi) is 5.50. The van der Waals surface area contributed by atoms with E-state index >= 15 is 0 Å². The fraction of sp³-hybridized carbons (Fsp3) is 0.625. The summed E-state index contributed by atoms with van der Waals surface area (Å²) in [7, 11) is 2.19. The molecule has 2 saturated heterocycles. The number of pyridine rings is 1. The van der Waals surface area contributed by atoms with Crippen LogP contribution in [0.5, 0.6) is 0 Å². The van der Waals surface area contributed by atoms with E-state index in [1.54, 1.807) is 6.92 Å². The van der Waals surface area contributed by atoms with E-state index in [-0.39, 0.29) is 6.10 Å². The summed E-state index contributed by atoms with van der Waals surface area (Å²) in [6.07, 6.45) is 6.28. The van der Waals surface area contributed by atoms with Gasteiger partial charge in [0, 0.05) is 25.4 Å². The Morgan fingerprint density at radius 2 is 2.32 bits per heavy atom. The summed E-state index contributed by atoms with van der Waals surface area (Å²) in [5.74, 6) is -2.49. The summed E-state index contributed by atoms with van der Waals surface area (Å²) >= 11 is 0. The van der Waals surface area contributed by atoms with Gasteiger partial charge in [0.25, 0.3) is 5.79 Å². The van der Waals surface area contributed by atoms with Gasteiger partial charge in [-0.1, -0.05) is 6.07 Å². The molecule has 3 heterocycles. The molecule has 1 N–H and O–H groups in total. The van der Waals surface area contributed by atoms with E-state index < -0.39 is 11.8 Å². The van der Waals surface area contributed by atoms with Crippen LogP contribution < -0.4 is 0 Å². The first-order valence-electron chi connectivity index (χ1n) is 7.57. The van der Waals surface area contributed by atoms with E-state index in [1.807, 2.05) is 18.5 Å². The summed E-state index contributed by atoms with van der Waals surface area (Å²) in [5, 5.41) is 8.54. The molecule has 0 amide bonds. The van der Waals surface area contributed by atoms with E-state index in [0.717, 1.165) is 0 Å². The van der Waals surface area contributed by atoms with Gasteiger partial charge in [0.2, 0.25) is 0 Å². The highest BCUT2D eigenvalue weighted by Gasteiger charge is 2.42. The van der Waals surface area contributed by atoms with Gasteiger partial charge in [0.15, 0.2) is 0 Å². The summed E-state index contributed by atoms with van der Waals surface area (Å²) in [5.41, 5.74) is 1.36. The molecule has 122 valence electrons. The van der Waals surface area contributed by atoms with E-state index in [9.17, 15) is 4.79 Å². The lowest BCUT2D eigenvalue weighted by Crippen LogP contribution is -2.36. The molecule has 0 spiro atoms. The van der Waals surface area contributed by atoms with Crippen LogP contribution in [0.25, 0.3) is 0 Å². The molecule has 3 rings (SSSR count). The Morgan fingerprint density at radius 1 is 1.55 bits per heavy atom. The third kappa shape index (κ3) is 4.03. The minimum Gasteiger partial charge on any atom is -0.477 e. The van der Waals surface area contributed by atoms with Gasteiger partial charge in [-0.3, -0.25) is 9.88 Å². The summed E-state index contributed by atoms with van der Waals surface area (Å²) in [6.45, 7) is 4.75. The molecule has 0 radical (unpaired) electrons. The number of rotatable bonds is 2. The second-order valence-electron chi connectivity index (χ2n) is 5.92. The van der Waals surface area contributed by atoms with Gasteiger partial charge >= 0.3 is 5.97 Å². The molecule has 1 aromatic rings. The van der Waals surface area contributed by atoms with Crippen LogP contribution in [-0.2, 0) is 14.3 Å². The third-order valence-corrected chi connectivity index (χ3v) is 4.00. The summed E-state index contributed by atoms with van der Waals surface area (Å²) in [4.78, 5) is 17.0. The Hall–Kier alpha value is -1.50. The van der Waals surface area contributed by atoms with Crippen molar-refractivity contribution >= 4 is 5.97 Å². The maximum atomic E-state index is 10.4. The molecular weight excluding hydrogens is 284 g/mol. The number of hydrogen-bond donors (Lipinski definition) is 1. The minimum atomic E-state index is -1.42. The number of hydrogen-bond acceptors (Lipinski definition) is 5. The molecular formula is C16H24N2O4. The van der Waals surface area contributed by atoms with Crippen molar-refractivity contribution in [3.05, 3.63) is 30.1 Å². The first kappa shape index (κ1) is 16.9. The molecule has 0 bridgehead atoms. The summed E-state index contributed by atoms with van der Waals surface area (Å²) < 4.78 is 9.88. The Morgan fingerprint density at radius 3 is 2.73 bits per heavy atom. The molecule has 1 aromatic heterocycles. The Labute approximate surface area is 131 Å². The van der Waals surface area contributed by atoms with Gasteiger partial charge in [-0.05, 0) is 45.0 Å². The molecule has 2 aliphatic heterocycles. The molecule has 0 saturated carbocycles. The van der Waals surface area contributed by atoms with Crippen LogP contribution in [-0.4, -0.2) is 53.1 Å². The maximum absolute atomic E-state index is 10.4. The molecule has 6 heteroatoms. The Balaban J connectivity index is 0.000000164. The van der Waals surface area contributed by atoms with Gasteiger partial charge in [0.05, 0.1) is 12.7 Å². The zero-order valence-electron chi connectivity index (χ0n) is 13.4. The zero-order valence-corrected chi connectivity index (χ0v) is 13.4. The molecule has 6 nitrogen and oxygen atoms in total. The SMILES string of the molecule is CC1COC(C)(C(=O)O)O1.CN1CCC[C@H]1c1cccnc1. The van der Waals surface area contributed by atoms with Crippen molar-refractivity contribution in [3.63, 3.8) is 0 Å².